The van der Waals surface area contributed by atoms with Crippen LogP contribution in [0.4, 0.5) is 0 Å². The Kier molecular flexibility index (Phi) is 5.37. The molecule has 0 radical (unpaired) electrons. The van der Waals surface area contributed by atoms with Crippen molar-refractivity contribution >= 4 is 5.91 Å². The third-order valence-corrected chi connectivity index (χ3v) is 3.09. The number of hydrogen-bond donors (Lipinski definition) is 2. The summed E-state index contributed by atoms with van der Waals surface area (Å²) in [7, 11) is 2.05. The lowest BCUT2D eigenvalue weighted by Gasteiger charge is -2.18. The van der Waals surface area contributed by atoms with E-state index >= 15 is 0 Å². The van der Waals surface area contributed by atoms with Crippen molar-refractivity contribution in [3.05, 3.63) is 23.2 Å². The van der Waals surface area contributed by atoms with E-state index in [-0.39, 0.29) is 5.91 Å². The topological polar surface area (TPSA) is 71.5 Å². The summed E-state index contributed by atoms with van der Waals surface area (Å²) in [6, 6.07) is 1.75. The minimum absolute atomic E-state index is 0.313. The molecule has 0 aliphatic carbocycles. The van der Waals surface area contributed by atoms with Gasteiger partial charge in [-0.25, -0.2) is 5.84 Å². The number of aryl methyl sites for hydroxylation is 1. The van der Waals surface area contributed by atoms with Gasteiger partial charge in [-0.3, -0.25) is 15.1 Å². The number of furan rings is 1. The molecule has 5 heteroatoms. The first kappa shape index (κ1) is 14.7. The fourth-order valence-electron chi connectivity index (χ4n) is 1.92. The molecule has 0 saturated carbocycles. The van der Waals surface area contributed by atoms with Crippen LogP contribution in [0.5, 0.6) is 0 Å². The van der Waals surface area contributed by atoms with Gasteiger partial charge >= 0.3 is 0 Å². The lowest BCUT2D eigenvalue weighted by molar-refractivity contribution is 0.0952. The molecular weight excluding hydrogens is 230 g/mol. The third kappa shape index (κ3) is 3.85. The van der Waals surface area contributed by atoms with Crippen LogP contribution in [0.2, 0.25) is 0 Å². The molecule has 5 nitrogen and oxygen atoms in total. The SMILES string of the molecule is CCC(C)CN(C)Cc1cc(C(=O)NN)c(C)o1. The molecule has 1 aromatic heterocycles. The molecular formula is C13H23N3O2. The van der Waals surface area contributed by atoms with Gasteiger partial charge in [0.1, 0.15) is 11.5 Å². The van der Waals surface area contributed by atoms with Gasteiger partial charge in [0.05, 0.1) is 12.1 Å². The molecule has 1 rings (SSSR count). The summed E-state index contributed by atoms with van der Waals surface area (Å²) in [5.74, 6) is 6.84. The maximum absolute atomic E-state index is 11.4. The normalized spacial score (nSPS) is 12.8. The molecule has 3 N–H and O–H groups in total. The molecule has 18 heavy (non-hydrogen) atoms. The fraction of sp³-hybridized carbons (Fsp3) is 0.615. The summed E-state index contributed by atoms with van der Waals surface area (Å²) in [5.41, 5.74) is 2.62. The van der Waals surface area contributed by atoms with Gasteiger partial charge in [0.25, 0.3) is 5.91 Å². The van der Waals surface area contributed by atoms with E-state index in [1.807, 2.05) is 7.05 Å². The van der Waals surface area contributed by atoms with E-state index < -0.39 is 0 Å². The van der Waals surface area contributed by atoms with Crippen molar-refractivity contribution in [3.63, 3.8) is 0 Å². The zero-order valence-electron chi connectivity index (χ0n) is 11.6. The molecule has 0 aliphatic heterocycles. The average Bonchev–Trinajstić information content (AvgIpc) is 2.68. The Morgan fingerprint density at radius 3 is 2.83 bits per heavy atom. The summed E-state index contributed by atoms with van der Waals surface area (Å²) >= 11 is 0. The molecule has 1 aromatic rings. The largest absolute Gasteiger partial charge is 0.464 e. The predicted molar refractivity (Wildman–Crippen MR) is 70.9 cm³/mol. The molecule has 1 heterocycles. The van der Waals surface area contributed by atoms with Crippen LogP contribution in [0, 0.1) is 12.8 Å². The number of nitrogens with two attached hydrogens (primary N) is 1. The summed E-state index contributed by atoms with van der Waals surface area (Å²) in [6.07, 6.45) is 1.16. The number of nitrogens with zero attached hydrogens (tertiary/aromatic N) is 1. The number of amides is 1. The minimum atomic E-state index is -0.313. The molecule has 0 saturated heterocycles. The van der Waals surface area contributed by atoms with Crippen molar-refractivity contribution in [2.24, 2.45) is 11.8 Å². The van der Waals surface area contributed by atoms with E-state index in [2.05, 4.69) is 24.2 Å². The Labute approximate surface area is 108 Å². The lowest BCUT2D eigenvalue weighted by atomic mass is 10.1. The Bertz CT molecular complexity index is 401. The molecule has 1 atom stereocenters. The maximum atomic E-state index is 11.4. The third-order valence-electron chi connectivity index (χ3n) is 3.09. The Morgan fingerprint density at radius 2 is 2.28 bits per heavy atom. The van der Waals surface area contributed by atoms with Crippen molar-refractivity contribution in [1.82, 2.24) is 10.3 Å². The predicted octanol–water partition coefficient (Wildman–Crippen LogP) is 1.67. The molecule has 0 fully saturated rings. The standard InChI is InChI=1S/C13H23N3O2/c1-5-9(2)7-16(4)8-11-6-12(10(3)18-11)13(17)15-14/h6,9H,5,7-8,14H2,1-4H3,(H,15,17). The van der Waals surface area contributed by atoms with Gasteiger partial charge in [0, 0.05) is 6.54 Å². The van der Waals surface area contributed by atoms with Crippen LogP contribution in [0.25, 0.3) is 0 Å². The smallest absolute Gasteiger partial charge is 0.268 e. The number of carbonyl (C=O) groups excluding carboxylic acids is 1. The number of hydrazine groups is 1. The molecule has 0 spiro atoms. The van der Waals surface area contributed by atoms with E-state index in [4.69, 9.17) is 10.3 Å². The van der Waals surface area contributed by atoms with Crippen LogP contribution < -0.4 is 11.3 Å². The highest BCUT2D eigenvalue weighted by molar-refractivity contribution is 5.94. The maximum Gasteiger partial charge on any atom is 0.268 e. The zero-order chi connectivity index (χ0) is 13.7. The minimum Gasteiger partial charge on any atom is -0.464 e. The number of nitrogens with one attached hydrogen (secondary N) is 1. The monoisotopic (exact) mass is 253 g/mol. The number of hydrogen-bond acceptors (Lipinski definition) is 4. The van der Waals surface area contributed by atoms with E-state index in [0.29, 0.717) is 23.8 Å². The first-order chi connectivity index (χ1) is 8.47. The molecule has 1 unspecified atom stereocenters. The van der Waals surface area contributed by atoms with Crippen molar-refractivity contribution in [1.29, 1.82) is 0 Å². The van der Waals surface area contributed by atoms with Gasteiger partial charge in [0.15, 0.2) is 0 Å². The van der Waals surface area contributed by atoms with Gasteiger partial charge in [-0.1, -0.05) is 20.3 Å². The van der Waals surface area contributed by atoms with E-state index in [0.717, 1.165) is 18.7 Å². The summed E-state index contributed by atoms with van der Waals surface area (Å²) in [5, 5.41) is 0. The number of nitrogen functional groups attached to an aromatic ring is 1. The second-order valence-corrected chi connectivity index (χ2v) is 4.87. The van der Waals surface area contributed by atoms with Crippen LogP contribution >= 0.6 is 0 Å². The fourth-order valence-corrected chi connectivity index (χ4v) is 1.92. The van der Waals surface area contributed by atoms with Crippen LogP contribution in [0.1, 0.15) is 42.1 Å². The van der Waals surface area contributed by atoms with E-state index in [1.165, 1.54) is 0 Å². The van der Waals surface area contributed by atoms with Crippen LogP contribution in [-0.4, -0.2) is 24.4 Å². The molecule has 0 aliphatic rings. The average molecular weight is 253 g/mol. The Balaban J connectivity index is 2.65. The first-order valence-electron chi connectivity index (χ1n) is 6.26. The summed E-state index contributed by atoms with van der Waals surface area (Å²) in [6.45, 7) is 7.87. The highest BCUT2D eigenvalue weighted by Crippen LogP contribution is 2.16. The Hall–Kier alpha value is -1.33. The van der Waals surface area contributed by atoms with Crippen LogP contribution in [-0.2, 0) is 6.54 Å². The quantitative estimate of drug-likeness (QED) is 0.459. The van der Waals surface area contributed by atoms with Gasteiger partial charge in [0.2, 0.25) is 0 Å². The number of carbonyl (C=O) groups is 1. The Morgan fingerprint density at radius 1 is 1.61 bits per heavy atom. The van der Waals surface area contributed by atoms with Gasteiger partial charge in [-0.05, 0) is 26.0 Å². The highest BCUT2D eigenvalue weighted by Gasteiger charge is 2.15. The first-order valence-corrected chi connectivity index (χ1v) is 6.26. The van der Waals surface area contributed by atoms with Crippen molar-refractivity contribution < 1.29 is 9.21 Å². The van der Waals surface area contributed by atoms with Crippen LogP contribution in [0.3, 0.4) is 0 Å². The summed E-state index contributed by atoms with van der Waals surface area (Å²) in [4.78, 5) is 13.6. The highest BCUT2D eigenvalue weighted by atomic mass is 16.3. The lowest BCUT2D eigenvalue weighted by Crippen LogP contribution is -2.30. The summed E-state index contributed by atoms with van der Waals surface area (Å²) < 4.78 is 5.57. The van der Waals surface area contributed by atoms with Crippen molar-refractivity contribution in [2.75, 3.05) is 13.6 Å². The van der Waals surface area contributed by atoms with Crippen LogP contribution in [0.15, 0.2) is 10.5 Å². The second kappa shape index (κ2) is 6.56. The van der Waals surface area contributed by atoms with Crippen molar-refractivity contribution in [3.8, 4) is 0 Å². The molecule has 1 amide bonds. The molecule has 0 aromatic carbocycles. The zero-order valence-corrected chi connectivity index (χ0v) is 11.6. The van der Waals surface area contributed by atoms with Gasteiger partial charge < -0.3 is 4.42 Å². The van der Waals surface area contributed by atoms with Crippen molar-refractivity contribution in [2.45, 2.75) is 33.7 Å². The van der Waals surface area contributed by atoms with Gasteiger partial charge in [-0.2, -0.15) is 0 Å². The second-order valence-electron chi connectivity index (χ2n) is 4.87. The molecule has 102 valence electrons. The molecule has 0 bridgehead atoms. The number of rotatable bonds is 6. The van der Waals surface area contributed by atoms with E-state index in [1.54, 1.807) is 13.0 Å². The van der Waals surface area contributed by atoms with E-state index in [9.17, 15) is 4.79 Å². The van der Waals surface area contributed by atoms with Gasteiger partial charge in [-0.15, -0.1) is 0 Å².